The number of carbonyl (C=O) groups is 2. The summed E-state index contributed by atoms with van der Waals surface area (Å²) in [6.45, 7) is 12.6. The molecule has 0 bridgehead atoms. The van der Waals surface area contributed by atoms with Gasteiger partial charge in [0.25, 0.3) is 5.91 Å². The van der Waals surface area contributed by atoms with Crippen LogP contribution in [0.4, 0.5) is 4.79 Å². The van der Waals surface area contributed by atoms with Gasteiger partial charge in [-0.2, -0.15) is 0 Å². The second-order valence-corrected chi connectivity index (χ2v) is 9.98. The second kappa shape index (κ2) is 9.57. The average Bonchev–Trinajstić information content (AvgIpc) is 2.73. The fraction of sp³-hybridized carbons (Fsp3) is 0.667. The minimum absolute atomic E-state index is 0.0902. The van der Waals surface area contributed by atoms with Crippen LogP contribution in [0.2, 0.25) is 0 Å². The highest BCUT2D eigenvalue weighted by Crippen LogP contribution is 2.26. The van der Waals surface area contributed by atoms with Crippen molar-refractivity contribution in [3.05, 3.63) is 35.9 Å². The first kappa shape index (κ1) is 23.5. The topological polar surface area (TPSA) is 65.1 Å². The standard InChI is InChI=1S/C24H38N4O3/c1-23(2,3)31-22(30)25-24(4,19-9-7-6-8-10-19)21(29)28-17-15-27(16-18-28)20-11-13-26(5)14-12-20/h6-10,20H,11-18H2,1-5H3,(H,25,30)/t24-/m1/s1. The first-order valence-electron chi connectivity index (χ1n) is 11.4. The van der Waals surface area contributed by atoms with E-state index in [1.54, 1.807) is 6.92 Å². The molecule has 2 saturated heterocycles. The van der Waals surface area contributed by atoms with Crippen molar-refractivity contribution in [1.82, 2.24) is 20.0 Å². The Labute approximate surface area is 186 Å². The van der Waals surface area contributed by atoms with Gasteiger partial charge in [0.15, 0.2) is 0 Å². The van der Waals surface area contributed by atoms with Gasteiger partial charge in [-0.1, -0.05) is 30.3 Å². The van der Waals surface area contributed by atoms with Gasteiger partial charge >= 0.3 is 6.09 Å². The van der Waals surface area contributed by atoms with Crippen molar-refractivity contribution < 1.29 is 14.3 Å². The lowest BCUT2D eigenvalue weighted by atomic mass is 9.90. The van der Waals surface area contributed by atoms with Gasteiger partial charge in [0.05, 0.1) is 0 Å². The lowest BCUT2D eigenvalue weighted by Crippen LogP contribution is -2.61. The zero-order chi connectivity index (χ0) is 22.6. The SMILES string of the molecule is CN1CCC(N2CCN(C(=O)[C@](C)(NC(=O)OC(C)(C)C)c3ccccc3)CC2)CC1. The van der Waals surface area contributed by atoms with E-state index >= 15 is 0 Å². The maximum atomic E-state index is 13.7. The molecule has 2 heterocycles. The molecular weight excluding hydrogens is 392 g/mol. The molecule has 7 nitrogen and oxygen atoms in total. The average molecular weight is 431 g/mol. The van der Waals surface area contributed by atoms with Crippen molar-refractivity contribution in [1.29, 1.82) is 0 Å². The summed E-state index contributed by atoms with van der Waals surface area (Å²) in [5.41, 5.74) is -1.06. The molecule has 0 aromatic heterocycles. The van der Waals surface area contributed by atoms with Gasteiger partial charge in [0.1, 0.15) is 11.1 Å². The number of nitrogens with zero attached hydrogens (tertiary/aromatic N) is 3. The molecule has 0 radical (unpaired) electrons. The van der Waals surface area contributed by atoms with Crippen LogP contribution in [-0.2, 0) is 15.1 Å². The Kier molecular flexibility index (Phi) is 7.27. The number of piperidine rings is 1. The molecule has 172 valence electrons. The van der Waals surface area contributed by atoms with E-state index in [1.807, 2.05) is 56.0 Å². The minimum Gasteiger partial charge on any atom is -0.444 e. The third-order valence-electron chi connectivity index (χ3n) is 6.34. The maximum Gasteiger partial charge on any atom is 0.408 e. The monoisotopic (exact) mass is 430 g/mol. The molecule has 31 heavy (non-hydrogen) atoms. The van der Waals surface area contributed by atoms with E-state index < -0.39 is 17.2 Å². The van der Waals surface area contributed by atoms with Crippen molar-refractivity contribution in [2.45, 2.75) is 57.7 Å². The summed E-state index contributed by atoms with van der Waals surface area (Å²) in [6.07, 6.45) is 1.79. The number of rotatable bonds is 4. The van der Waals surface area contributed by atoms with E-state index in [1.165, 1.54) is 12.8 Å². The zero-order valence-corrected chi connectivity index (χ0v) is 19.7. The van der Waals surface area contributed by atoms with E-state index in [4.69, 9.17) is 4.74 Å². The van der Waals surface area contributed by atoms with Gasteiger partial charge in [-0.3, -0.25) is 9.69 Å². The first-order chi connectivity index (χ1) is 14.6. The van der Waals surface area contributed by atoms with Crippen LogP contribution in [0.5, 0.6) is 0 Å². The van der Waals surface area contributed by atoms with Crippen molar-refractivity contribution in [3.63, 3.8) is 0 Å². The highest BCUT2D eigenvalue weighted by atomic mass is 16.6. The molecule has 2 amide bonds. The van der Waals surface area contributed by atoms with Crippen LogP contribution < -0.4 is 5.32 Å². The fourth-order valence-electron chi connectivity index (χ4n) is 4.49. The molecule has 1 N–H and O–H groups in total. The molecule has 0 unspecified atom stereocenters. The number of amides is 2. The van der Waals surface area contributed by atoms with Crippen LogP contribution >= 0.6 is 0 Å². The summed E-state index contributed by atoms with van der Waals surface area (Å²) in [7, 11) is 2.18. The molecular formula is C24H38N4O3. The van der Waals surface area contributed by atoms with Crippen molar-refractivity contribution in [2.75, 3.05) is 46.3 Å². The predicted molar refractivity (Wildman–Crippen MR) is 122 cm³/mol. The Balaban J connectivity index is 1.70. The van der Waals surface area contributed by atoms with E-state index in [2.05, 4.69) is 22.2 Å². The molecule has 1 aromatic rings. The molecule has 1 aromatic carbocycles. The van der Waals surface area contributed by atoms with Crippen LogP contribution in [-0.4, -0.2) is 84.7 Å². The normalized spacial score (nSPS) is 21.4. The lowest BCUT2D eigenvalue weighted by molar-refractivity contribution is -0.140. The van der Waals surface area contributed by atoms with Crippen molar-refractivity contribution in [3.8, 4) is 0 Å². The Hall–Kier alpha value is -2.12. The smallest absolute Gasteiger partial charge is 0.408 e. The molecule has 2 fully saturated rings. The zero-order valence-electron chi connectivity index (χ0n) is 19.7. The van der Waals surface area contributed by atoms with Crippen LogP contribution in [0.1, 0.15) is 46.1 Å². The van der Waals surface area contributed by atoms with E-state index in [0.717, 1.165) is 31.7 Å². The number of likely N-dealkylation sites (tertiary alicyclic amines) is 1. The minimum atomic E-state index is -1.18. The van der Waals surface area contributed by atoms with Gasteiger partial charge in [-0.25, -0.2) is 4.79 Å². The summed E-state index contributed by atoms with van der Waals surface area (Å²) in [5.74, 6) is -0.0902. The third-order valence-corrected chi connectivity index (χ3v) is 6.34. The van der Waals surface area contributed by atoms with Gasteiger partial charge in [-0.15, -0.1) is 0 Å². The van der Waals surface area contributed by atoms with Gasteiger partial charge < -0.3 is 19.9 Å². The summed E-state index contributed by atoms with van der Waals surface area (Å²) < 4.78 is 5.46. The summed E-state index contributed by atoms with van der Waals surface area (Å²) in [6, 6.07) is 10.0. The van der Waals surface area contributed by atoms with Gasteiger partial charge in [0.2, 0.25) is 0 Å². The highest BCUT2D eigenvalue weighted by Gasteiger charge is 2.42. The molecule has 0 saturated carbocycles. The molecule has 0 aliphatic carbocycles. The van der Waals surface area contributed by atoms with Crippen LogP contribution in [0.15, 0.2) is 30.3 Å². The number of carbonyl (C=O) groups excluding carboxylic acids is 2. The number of ether oxygens (including phenoxy) is 1. The number of benzene rings is 1. The maximum absolute atomic E-state index is 13.7. The van der Waals surface area contributed by atoms with E-state index in [-0.39, 0.29) is 5.91 Å². The molecule has 1 atom stereocenters. The Morgan fingerprint density at radius 3 is 2.06 bits per heavy atom. The fourth-order valence-corrected chi connectivity index (χ4v) is 4.49. The third kappa shape index (κ3) is 5.98. The molecule has 7 heteroatoms. The van der Waals surface area contributed by atoms with Crippen molar-refractivity contribution >= 4 is 12.0 Å². The largest absolute Gasteiger partial charge is 0.444 e. The van der Waals surface area contributed by atoms with Crippen LogP contribution in [0.3, 0.4) is 0 Å². The molecule has 2 aliphatic heterocycles. The Morgan fingerprint density at radius 2 is 1.52 bits per heavy atom. The lowest BCUT2D eigenvalue weighted by Gasteiger charge is -2.44. The predicted octanol–water partition coefficient (Wildman–Crippen LogP) is 2.66. The van der Waals surface area contributed by atoms with Crippen molar-refractivity contribution in [2.24, 2.45) is 0 Å². The molecule has 3 rings (SSSR count). The summed E-state index contributed by atoms with van der Waals surface area (Å²) >= 11 is 0. The number of hydrogen-bond acceptors (Lipinski definition) is 5. The van der Waals surface area contributed by atoms with Gasteiger partial charge in [0, 0.05) is 32.2 Å². The molecule has 2 aliphatic rings. The number of alkyl carbamates (subject to hydrolysis) is 1. The number of nitrogens with one attached hydrogen (secondary N) is 1. The quantitative estimate of drug-likeness (QED) is 0.796. The Bertz CT molecular complexity index is 748. The first-order valence-corrected chi connectivity index (χ1v) is 11.4. The van der Waals surface area contributed by atoms with Crippen LogP contribution in [0.25, 0.3) is 0 Å². The highest BCUT2D eigenvalue weighted by molar-refractivity contribution is 5.91. The van der Waals surface area contributed by atoms with Gasteiger partial charge in [-0.05, 0) is 66.2 Å². The van der Waals surface area contributed by atoms with E-state index in [9.17, 15) is 9.59 Å². The number of piperazine rings is 1. The molecule has 0 spiro atoms. The summed E-state index contributed by atoms with van der Waals surface area (Å²) in [4.78, 5) is 33.1. The van der Waals surface area contributed by atoms with Crippen LogP contribution in [0, 0.1) is 0 Å². The number of hydrogen-bond donors (Lipinski definition) is 1. The summed E-state index contributed by atoms with van der Waals surface area (Å²) in [5, 5.41) is 2.87. The van der Waals surface area contributed by atoms with E-state index in [0.29, 0.717) is 19.1 Å². The second-order valence-electron chi connectivity index (χ2n) is 9.98. The Morgan fingerprint density at radius 1 is 0.935 bits per heavy atom.